The van der Waals surface area contributed by atoms with Gasteiger partial charge in [0.05, 0.1) is 35.7 Å². The van der Waals surface area contributed by atoms with Crippen LogP contribution in [-0.2, 0) is 9.47 Å². The van der Waals surface area contributed by atoms with Crippen LogP contribution in [0, 0.1) is 17.7 Å². The van der Waals surface area contributed by atoms with Gasteiger partial charge in [0.2, 0.25) is 5.88 Å². The van der Waals surface area contributed by atoms with E-state index in [0.29, 0.717) is 45.5 Å². The predicted octanol–water partition coefficient (Wildman–Crippen LogP) is 2.15. The van der Waals surface area contributed by atoms with Gasteiger partial charge in [-0.2, -0.15) is 0 Å². The summed E-state index contributed by atoms with van der Waals surface area (Å²) in [7, 11) is 1.49. The van der Waals surface area contributed by atoms with E-state index in [2.05, 4.69) is 37.7 Å². The lowest BCUT2D eigenvalue weighted by Crippen LogP contribution is -2.56. The highest BCUT2D eigenvalue weighted by atomic mass is 79.9. The van der Waals surface area contributed by atoms with E-state index in [1.54, 1.807) is 22.9 Å². The fourth-order valence-electron chi connectivity index (χ4n) is 4.22. The fraction of sp³-hybridized carbons (Fsp3) is 0.364. The SMILES string of the molecule is COc1ncnc2c1c(C#Cc1ccc(Br)c(F)c1)cn2[C@@H]1O[C@H](CO)[C@@H](O)[C@]12CCO2. The highest BCUT2D eigenvalue weighted by Gasteiger charge is 2.61. The van der Waals surface area contributed by atoms with Gasteiger partial charge in [-0.3, -0.25) is 0 Å². The van der Waals surface area contributed by atoms with Gasteiger partial charge < -0.3 is 29.0 Å². The molecule has 1 spiro atoms. The van der Waals surface area contributed by atoms with E-state index in [9.17, 15) is 14.6 Å². The van der Waals surface area contributed by atoms with Crippen LogP contribution in [0.4, 0.5) is 4.39 Å². The Hall–Kier alpha value is -2.55. The number of halogens is 2. The molecule has 1 aromatic carbocycles. The van der Waals surface area contributed by atoms with E-state index in [0.717, 1.165) is 0 Å². The van der Waals surface area contributed by atoms with Gasteiger partial charge in [0.1, 0.15) is 30.0 Å². The summed E-state index contributed by atoms with van der Waals surface area (Å²) in [6.45, 7) is 0.135. The lowest BCUT2D eigenvalue weighted by Gasteiger charge is -2.44. The summed E-state index contributed by atoms with van der Waals surface area (Å²) in [5.41, 5.74) is 0.528. The quantitative estimate of drug-likeness (QED) is 0.528. The Morgan fingerprint density at radius 2 is 2.19 bits per heavy atom. The van der Waals surface area contributed by atoms with E-state index < -0.39 is 29.9 Å². The van der Waals surface area contributed by atoms with Gasteiger partial charge in [0, 0.05) is 18.2 Å². The zero-order chi connectivity index (χ0) is 22.5. The Kier molecular flexibility index (Phi) is 5.39. The molecule has 0 unspecified atom stereocenters. The third-order valence-corrected chi connectivity index (χ3v) is 6.54. The van der Waals surface area contributed by atoms with Gasteiger partial charge in [-0.15, -0.1) is 0 Å². The minimum atomic E-state index is -0.993. The Morgan fingerprint density at radius 3 is 2.84 bits per heavy atom. The largest absolute Gasteiger partial charge is 0.480 e. The topological polar surface area (TPSA) is 98.9 Å². The summed E-state index contributed by atoms with van der Waals surface area (Å²) in [6.07, 6.45) is 1.14. The van der Waals surface area contributed by atoms with Crippen molar-refractivity contribution in [3.8, 4) is 17.7 Å². The van der Waals surface area contributed by atoms with E-state index in [1.165, 1.54) is 19.5 Å². The maximum atomic E-state index is 13.9. The van der Waals surface area contributed by atoms with Crippen molar-refractivity contribution in [3.63, 3.8) is 0 Å². The molecule has 0 saturated carbocycles. The second-order valence-corrected chi connectivity index (χ2v) is 8.47. The molecule has 3 aromatic rings. The second-order valence-electron chi connectivity index (χ2n) is 7.62. The lowest BCUT2D eigenvalue weighted by atomic mass is 9.86. The Bertz CT molecular complexity index is 1250. The minimum absolute atomic E-state index is 0.320. The van der Waals surface area contributed by atoms with Crippen molar-refractivity contribution in [2.24, 2.45) is 0 Å². The van der Waals surface area contributed by atoms with Crippen molar-refractivity contribution in [2.75, 3.05) is 20.3 Å². The van der Waals surface area contributed by atoms with Crippen LogP contribution < -0.4 is 4.74 Å². The van der Waals surface area contributed by atoms with Gasteiger partial charge in [-0.1, -0.05) is 11.8 Å². The maximum Gasteiger partial charge on any atom is 0.227 e. The molecule has 2 aromatic heterocycles. The number of rotatable bonds is 3. The van der Waals surface area contributed by atoms with Crippen LogP contribution in [0.15, 0.2) is 35.2 Å². The first kappa shape index (κ1) is 21.3. The van der Waals surface area contributed by atoms with Crippen LogP contribution in [0.1, 0.15) is 23.8 Å². The van der Waals surface area contributed by atoms with Gasteiger partial charge in [0.15, 0.2) is 11.9 Å². The summed E-state index contributed by atoms with van der Waals surface area (Å²) >= 11 is 3.13. The van der Waals surface area contributed by atoms with E-state index in [4.69, 9.17) is 14.2 Å². The molecule has 2 aliphatic heterocycles. The van der Waals surface area contributed by atoms with Gasteiger partial charge in [0.25, 0.3) is 0 Å². The molecule has 2 saturated heterocycles. The number of benzene rings is 1. The highest BCUT2D eigenvalue weighted by Crippen LogP contribution is 2.49. The van der Waals surface area contributed by atoms with E-state index in [1.807, 2.05) is 0 Å². The van der Waals surface area contributed by atoms with Gasteiger partial charge in [-0.25, -0.2) is 14.4 Å². The maximum absolute atomic E-state index is 13.9. The summed E-state index contributed by atoms with van der Waals surface area (Å²) < 4.78 is 33.2. The summed E-state index contributed by atoms with van der Waals surface area (Å²) in [5.74, 6) is 5.92. The monoisotopic (exact) mass is 503 g/mol. The van der Waals surface area contributed by atoms with Crippen LogP contribution >= 0.6 is 15.9 Å². The molecule has 2 aliphatic rings. The molecule has 166 valence electrons. The smallest absolute Gasteiger partial charge is 0.227 e. The number of aromatic nitrogens is 3. The number of aliphatic hydroxyl groups is 2. The standard InChI is InChI=1S/C22H19BrFN3O5/c1-30-20-17-13(4-2-12-3-5-14(23)15(24)8-12)9-27(19(17)25-11-26-20)21-22(6-7-31-22)18(29)16(10-28)32-21/h3,5,8-9,11,16,18,21,28-29H,6-7,10H2,1H3/t16-,18-,21-,22-/m1/s1. The number of aliphatic hydroxyl groups excluding tert-OH is 2. The molecular weight excluding hydrogens is 485 g/mol. The van der Waals surface area contributed by atoms with Crippen LogP contribution in [0.2, 0.25) is 0 Å². The van der Waals surface area contributed by atoms with Gasteiger partial charge >= 0.3 is 0 Å². The van der Waals surface area contributed by atoms with Crippen molar-refractivity contribution < 1.29 is 28.8 Å². The molecule has 0 aliphatic carbocycles. The molecule has 2 fully saturated rings. The van der Waals surface area contributed by atoms with Crippen molar-refractivity contribution in [1.82, 2.24) is 14.5 Å². The van der Waals surface area contributed by atoms with Crippen LogP contribution in [0.25, 0.3) is 11.0 Å². The molecule has 0 amide bonds. The average molecular weight is 504 g/mol. The number of ether oxygens (including phenoxy) is 3. The van der Waals surface area contributed by atoms with Crippen molar-refractivity contribution in [1.29, 1.82) is 0 Å². The zero-order valence-corrected chi connectivity index (χ0v) is 18.5. The van der Waals surface area contributed by atoms with E-state index in [-0.39, 0.29) is 6.61 Å². The predicted molar refractivity (Wildman–Crippen MR) is 114 cm³/mol. The first-order valence-electron chi connectivity index (χ1n) is 9.93. The van der Waals surface area contributed by atoms with Crippen molar-refractivity contribution in [2.45, 2.75) is 30.5 Å². The lowest BCUT2D eigenvalue weighted by molar-refractivity contribution is -0.225. The third-order valence-electron chi connectivity index (χ3n) is 5.90. The number of fused-ring (bicyclic) bond motifs is 1. The molecular formula is C22H19BrFN3O5. The molecule has 10 heteroatoms. The second kappa shape index (κ2) is 8.10. The minimum Gasteiger partial charge on any atom is -0.480 e. The highest BCUT2D eigenvalue weighted by molar-refractivity contribution is 9.10. The molecule has 8 nitrogen and oxygen atoms in total. The first-order chi connectivity index (χ1) is 15.5. The third kappa shape index (κ3) is 3.20. The Balaban J connectivity index is 1.65. The molecule has 4 heterocycles. The fourth-order valence-corrected chi connectivity index (χ4v) is 4.47. The summed E-state index contributed by atoms with van der Waals surface area (Å²) in [5, 5.41) is 20.9. The first-order valence-corrected chi connectivity index (χ1v) is 10.7. The van der Waals surface area contributed by atoms with Crippen LogP contribution in [0.3, 0.4) is 0 Å². The molecule has 0 bridgehead atoms. The summed E-state index contributed by atoms with van der Waals surface area (Å²) in [6, 6.07) is 4.63. The van der Waals surface area contributed by atoms with Crippen molar-refractivity contribution >= 4 is 27.0 Å². The molecule has 5 rings (SSSR count). The van der Waals surface area contributed by atoms with Crippen LogP contribution in [-0.4, -0.2) is 62.9 Å². The Morgan fingerprint density at radius 1 is 1.38 bits per heavy atom. The number of hydrogen-bond donors (Lipinski definition) is 2. The molecule has 4 atom stereocenters. The number of hydrogen-bond acceptors (Lipinski definition) is 7. The molecule has 32 heavy (non-hydrogen) atoms. The molecule has 0 radical (unpaired) electrons. The average Bonchev–Trinajstić information content (AvgIpc) is 3.29. The zero-order valence-electron chi connectivity index (χ0n) is 17.0. The number of nitrogens with zero attached hydrogens (tertiary/aromatic N) is 3. The van der Waals surface area contributed by atoms with Crippen LogP contribution in [0.5, 0.6) is 5.88 Å². The van der Waals surface area contributed by atoms with E-state index >= 15 is 0 Å². The number of methoxy groups -OCH3 is 1. The van der Waals surface area contributed by atoms with Gasteiger partial charge in [-0.05, 0) is 34.1 Å². The van der Waals surface area contributed by atoms with Crippen molar-refractivity contribution in [3.05, 3.63) is 52.1 Å². The Labute approximate surface area is 191 Å². The summed E-state index contributed by atoms with van der Waals surface area (Å²) in [4.78, 5) is 8.57. The normalized spacial score (nSPS) is 26.7. The molecule has 2 N–H and O–H groups in total.